The summed E-state index contributed by atoms with van der Waals surface area (Å²) in [6, 6.07) is 30.5. The van der Waals surface area contributed by atoms with Gasteiger partial charge in [0, 0.05) is 130 Å². The van der Waals surface area contributed by atoms with Crippen LogP contribution >= 0.6 is 0 Å². The minimum atomic E-state index is -1.90. The first-order valence-corrected chi connectivity index (χ1v) is 40.3. The number of nitrogens with zero attached hydrogens (tertiary/aromatic N) is 8. The Hall–Kier alpha value is -12.5. The van der Waals surface area contributed by atoms with Crippen LogP contribution < -0.4 is 18.3 Å². The number of benzene rings is 8. The predicted molar refractivity (Wildman–Crippen MR) is 496 cm³/mol. The zero-order chi connectivity index (χ0) is 101. The molecule has 120 heavy (non-hydrogen) atoms. The van der Waals surface area contributed by atoms with Crippen LogP contribution in [-0.4, -0.2) is 0 Å². The van der Waals surface area contributed by atoms with Crippen molar-refractivity contribution >= 4 is 111 Å². The molecule has 0 saturated carbocycles. The highest BCUT2D eigenvalue weighted by Crippen LogP contribution is 2.46. The van der Waals surface area contributed by atoms with Crippen LogP contribution in [0.2, 0.25) is 0 Å². The van der Waals surface area contributed by atoms with Gasteiger partial charge in [-0.2, -0.15) is 18.3 Å². The molecule has 16 rings (SSSR count). The zero-order valence-corrected chi connectivity index (χ0v) is 74.4. The second-order valence-electron chi connectivity index (χ2n) is 35.9. The van der Waals surface area contributed by atoms with Gasteiger partial charge in [-0.25, -0.2) is 19.4 Å². The monoisotopic (exact) mass is 1610 g/mol. The molecule has 8 heterocycles. The Morgan fingerprint density at radius 2 is 0.650 bits per heavy atom. The van der Waals surface area contributed by atoms with Crippen molar-refractivity contribution < 1.29 is 57.9 Å². The third-order valence-electron chi connectivity index (χ3n) is 21.7. The van der Waals surface area contributed by atoms with Crippen LogP contribution in [0.25, 0.3) is 152 Å². The van der Waals surface area contributed by atoms with Crippen LogP contribution in [0, 0.1) is 131 Å². The van der Waals surface area contributed by atoms with Crippen LogP contribution in [0.15, 0.2) is 163 Å². The van der Waals surface area contributed by atoms with Gasteiger partial charge in [0.15, 0.2) is 45.5 Å². The number of aromatic nitrogens is 4. The molecule has 8 aromatic heterocycles. The molecular weight excluding hydrogens is 1470 g/mol. The van der Waals surface area contributed by atoms with Gasteiger partial charge in [0.1, 0.15) is 72.9 Å². The fraction of sp³-hybridized carbons (Fsp3) is 0.333. The smallest absolute Gasteiger partial charge is 0.216 e. The summed E-state index contributed by atoms with van der Waals surface area (Å²) in [4.78, 5) is 14.3. The Morgan fingerprint density at radius 1 is 0.300 bits per heavy atom. The highest BCUT2D eigenvalue weighted by molar-refractivity contribution is 6.15. The first-order valence-electron chi connectivity index (χ1n) is 48.3. The average molecular weight is 1610 g/mol. The molecule has 0 unspecified atom stereocenters. The maximum absolute atomic E-state index is 9.16. The van der Waals surface area contributed by atoms with Gasteiger partial charge < -0.3 is 17.7 Å². The molecular formula is C108H116N8O4+4. The van der Waals surface area contributed by atoms with Crippen molar-refractivity contribution in [2.75, 3.05) is 0 Å². The molecule has 0 spiro atoms. The Morgan fingerprint density at radius 3 is 1.08 bits per heavy atom. The number of hydrogen-bond acceptors (Lipinski definition) is 4. The summed E-state index contributed by atoms with van der Waals surface area (Å²) < 4.78 is 175. The molecule has 0 aliphatic heterocycles. The van der Waals surface area contributed by atoms with E-state index in [1.54, 1.807) is 181 Å². The fourth-order valence-corrected chi connectivity index (χ4v) is 15.7. The van der Waals surface area contributed by atoms with Crippen molar-refractivity contribution in [3.63, 3.8) is 0 Å². The SMILES string of the molecule is [2H]c1c(C([2H])([2H])C(C)(C)C)c([2H])c(-c2c(C)cc(C)c3c2oc2cc([N+]#[C-])ccc23)[n+](C)c1C.[2H]c1c(C([2H])([2H])C(C)(C)C)c([2H])c(-c2c(C)ccc3c2oc2c(C)c([N+]#[C-])ccc23)[n+](C)c1C.[2H]c1c(C([2H])([2H])C(C)(C)C)c([2H])c(-c2c(C)ccc3c2oc2cc([N+]#[C-])c(C)cc23)[n+](C)c1C.[2H]c1c(C([2H])([2H])C(C)(C)C)c([2H])c(-c2c(C)ccc3c2oc2cc([N+]#[C-])cc(C)c23)[n+](C)c1C. The van der Waals surface area contributed by atoms with Gasteiger partial charge >= 0.3 is 0 Å². The molecule has 608 valence electrons. The number of rotatable bonds is 8. The Kier molecular flexibility index (Phi) is 17.9. The van der Waals surface area contributed by atoms with Crippen LogP contribution in [0.5, 0.6) is 0 Å². The second kappa shape index (κ2) is 32.3. The number of hydrogen-bond donors (Lipinski definition) is 0. The van der Waals surface area contributed by atoms with E-state index in [-0.39, 0.29) is 70.6 Å². The summed E-state index contributed by atoms with van der Waals surface area (Å²) in [5.74, 6) is 0. The van der Waals surface area contributed by atoms with Crippen LogP contribution in [0.1, 0.15) is 195 Å². The van der Waals surface area contributed by atoms with Crippen LogP contribution in [0.4, 0.5) is 22.7 Å². The van der Waals surface area contributed by atoms with E-state index in [1.807, 2.05) is 123 Å². The normalized spacial score (nSPS) is 14.3. The summed E-state index contributed by atoms with van der Waals surface area (Å²) >= 11 is 0. The quantitative estimate of drug-likeness (QED) is 0.112. The molecule has 0 N–H and O–H groups in total. The average Bonchev–Trinajstić information content (AvgIpc) is 1.54. The molecule has 0 fully saturated rings. The van der Waals surface area contributed by atoms with Gasteiger partial charge in [0.05, 0.1) is 59.5 Å². The summed E-state index contributed by atoms with van der Waals surface area (Å²) in [5, 5.41) is 7.18. The van der Waals surface area contributed by atoms with E-state index in [1.165, 1.54) is 0 Å². The van der Waals surface area contributed by atoms with Gasteiger partial charge in [0.25, 0.3) is 0 Å². The van der Waals surface area contributed by atoms with Crippen molar-refractivity contribution in [1.82, 2.24) is 0 Å². The van der Waals surface area contributed by atoms with Crippen LogP contribution in [0.3, 0.4) is 0 Å². The van der Waals surface area contributed by atoms with Crippen molar-refractivity contribution in [3.05, 3.63) is 281 Å². The Balaban J connectivity index is 0.000000153. The summed E-state index contributed by atoms with van der Waals surface area (Å²) in [6.45, 7) is 73.8. The summed E-state index contributed by atoms with van der Waals surface area (Å²) in [7, 11) is 7.22. The topological polar surface area (TPSA) is 85.5 Å². The van der Waals surface area contributed by atoms with Crippen molar-refractivity contribution in [1.29, 1.82) is 0 Å². The van der Waals surface area contributed by atoms with Crippen LogP contribution in [-0.2, 0) is 53.7 Å². The summed E-state index contributed by atoms with van der Waals surface area (Å²) in [5.41, 5.74) is 18.4. The molecule has 0 bridgehead atoms. The maximum atomic E-state index is 9.16. The molecule has 0 aliphatic carbocycles. The molecule has 16 aromatic rings. The van der Waals surface area contributed by atoms with E-state index in [4.69, 9.17) is 65.9 Å². The standard InChI is InChI=1S/4C27H29N2O/c1-16-11-17(2)25(22-13-19(15-27(4,5)6)12-18(3)29(22)8)26-24(16)21-10-9-20(28-7)14-23(21)30-26;1-16-9-10-21-24-17(2)11-20(28-7)14-23(24)30-26(21)25(16)22-13-19(15-27(4,5)6)12-18(3)29(22)8;1-16-9-10-20-21-11-17(2)22(28-7)14-24(21)30-26(20)25(16)23-13-19(15-27(4,5)6)12-18(3)29(23)8;1-16-9-10-21-20-11-12-22(28-7)18(3)25(20)30-26(21)24(16)23-14-19(15-27(4,5)6)13-17(2)29(23)8/h4*9-14H,15H2,1-6,8H3/q4*+1/i3*12D,13D,15D2;13D,14D,15D2. The van der Waals surface area contributed by atoms with E-state index >= 15 is 0 Å². The van der Waals surface area contributed by atoms with Crippen molar-refractivity contribution in [2.24, 2.45) is 49.9 Å². The number of furan rings is 4. The lowest BCUT2D eigenvalue weighted by atomic mass is 9.87. The Bertz CT molecular complexity index is 7880. The second-order valence-corrected chi connectivity index (χ2v) is 35.9. The van der Waals surface area contributed by atoms with Gasteiger partial charge in [-0.1, -0.05) is 162 Å². The van der Waals surface area contributed by atoms with E-state index in [9.17, 15) is 0 Å². The first-order chi connectivity index (χ1) is 62.9. The zero-order valence-electron chi connectivity index (χ0n) is 90.4. The number of pyridine rings is 4. The number of aryl methyl sites for hydroxylation is 8. The van der Waals surface area contributed by atoms with Gasteiger partial charge in [-0.3, -0.25) is 0 Å². The van der Waals surface area contributed by atoms with Gasteiger partial charge in [0.2, 0.25) is 22.8 Å². The molecule has 0 atom stereocenters. The molecule has 0 amide bonds. The predicted octanol–water partition coefficient (Wildman–Crippen LogP) is 28.6. The summed E-state index contributed by atoms with van der Waals surface area (Å²) in [6.07, 6.45) is -7.59. The Labute approximate surface area is 732 Å². The van der Waals surface area contributed by atoms with E-state index < -0.39 is 47.2 Å². The van der Waals surface area contributed by atoms with Crippen molar-refractivity contribution in [3.8, 4) is 45.0 Å². The fourth-order valence-electron chi connectivity index (χ4n) is 15.7. The van der Waals surface area contributed by atoms with Crippen molar-refractivity contribution in [2.45, 2.75) is 192 Å². The highest BCUT2D eigenvalue weighted by atomic mass is 16.3. The molecule has 12 heteroatoms. The minimum absolute atomic E-state index is 0.00594. The molecule has 0 radical (unpaired) electrons. The highest BCUT2D eigenvalue weighted by Gasteiger charge is 2.31. The lowest BCUT2D eigenvalue weighted by Gasteiger charge is -2.19. The van der Waals surface area contributed by atoms with E-state index in [0.717, 1.165) is 87.6 Å². The van der Waals surface area contributed by atoms with Gasteiger partial charge in [-0.15, -0.1) is 0 Å². The van der Waals surface area contributed by atoms with Gasteiger partial charge in [-0.05, 0) is 188 Å². The maximum Gasteiger partial charge on any atom is 0.216 e. The molecule has 0 saturated heterocycles. The first kappa shape index (κ1) is 66.4. The number of fused-ring (bicyclic) bond motifs is 12. The minimum Gasteiger partial charge on any atom is -0.456 e. The molecule has 12 nitrogen and oxygen atoms in total. The lowest BCUT2D eigenvalue weighted by molar-refractivity contribution is -0.666. The third kappa shape index (κ3) is 17.0. The molecule has 8 aromatic carbocycles. The largest absolute Gasteiger partial charge is 0.456 e. The van der Waals surface area contributed by atoms with E-state index in [2.05, 4.69) is 25.4 Å². The van der Waals surface area contributed by atoms with E-state index in [0.29, 0.717) is 135 Å². The molecule has 0 aliphatic rings. The lowest BCUT2D eigenvalue weighted by Crippen LogP contribution is -2.35. The third-order valence-corrected chi connectivity index (χ3v) is 21.7.